The number of fused-ring (bicyclic) bond motifs is 1. The van der Waals surface area contributed by atoms with Crippen molar-refractivity contribution in [3.63, 3.8) is 0 Å². The topological polar surface area (TPSA) is 59.7 Å². The van der Waals surface area contributed by atoms with Crippen LogP contribution in [0.4, 0.5) is 23.4 Å². The Morgan fingerprint density at radius 1 is 0.971 bits per heavy atom. The van der Waals surface area contributed by atoms with Crippen molar-refractivity contribution in [2.24, 2.45) is 0 Å². The molecule has 4 aromatic rings. The van der Waals surface area contributed by atoms with Crippen LogP contribution in [0.2, 0.25) is 0 Å². The van der Waals surface area contributed by atoms with Gasteiger partial charge in [-0.2, -0.15) is 8.78 Å². The van der Waals surface area contributed by atoms with Gasteiger partial charge >= 0.3 is 5.92 Å². The third-order valence-electron chi connectivity index (χ3n) is 6.05. The molecule has 10 heteroatoms. The molecule has 34 heavy (non-hydrogen) atoms. The summed E-state index contributed by atoms with van der Waals surface area (Å²) >= 11 is 0. The van der Waals surface area contributed by atoms with Gasteiger partial charge in [-0.1, -0.05) is 66.7 Å². The first kappa shape index (κ1) is 22.2. The van der Waals surface area contributed by atoms with Gasteiger partial charge < -0.3 is 4.90 Å². The van der Waals surface area contributed by atoms with Crippen LogP contribution >= 0.6 is 0 Å². The van der Waals surface area contributed by atoms with Gasteiger partial charge in [0, 0.05) is 18.5 Å². The van der Waals surface area contributed by atoms with E-state index in [1.54, 1.807) is 6.07 Å². The van der Waals surface area contributed by atoms with Crippen LogP contribution in [0.1, 0.15) is 35.9 Å². The number of rotatable bonds is 6. The lowest BCUT2D eigenvalue weighted by Gasteiger charge is -2.21. The third kappa shape index (κ3) is 3.97. The van der Waals surface area contributed by atoms with E-state index in [9.17, 15) is 8.78 Å². The molecule has 176 valence electrons. The maximum Gasteiger partial charge on any atom is 0.331 e. The number of benzene rings is 2. The molecule has 0 amide bonds. The summed E-state index contributed by atoms with van der Waals surface area (Å²) in [5, 5.41) is 8.25. The van der Waals surface area contributed by atoms with E-state index in [1.807, 2.05) is 31.2 Å². The van der Waals surface area contributed by atoms with Crippen molar-refractivity contribution in [1.82, 2.24) is 25.0 Å². The van der Waals surface area contributed by atoms with Gasteiger partial charge in [-0.25, -0.2) is 23.4 Å². The predicted molar refractivity (Wildman–Crippen MR) is 119 cm³/mol. The number of hydrogen-bond acceptors (Lipinski definition) is 5. The summed E-state index contributed by atoms with van der Waals surface area (Å²) in [6.07, 6.45) is 0.393. The summed E-state index contributed by atoms with van der Waals surface area (Å²) in [4.78, 5) is 9.52. The van der Waals surface area contributed by atoms with Gasteiger partial charge in [0.1, 0.15) is 0 Å². The van der Waals surface area contributed by atoms with Crippen LogP contribution in [0, 0.1) is 0 Å². The van der Waals surface area contributed by atoms with Crippen LogP contribution in [0.15, 0.2) is 54.6 Å². The lowest BCUT2D eigenvalue weighted by Crippen LogP contribution is -2.28. The number of anilines is 1. The molecule has 0 unspecified atom stereocenters. The van der Waals surface area contributed by atoms with E-state index >= 15 is 8.78 Å². The minimum atomic E-state index is -3.54. The third-order valence-corrected chi connectivity index (χ3v) is 6.05. The highest BCUT2D eigenvalue weighted by Gasteiger charge is 2.43. The largest absolute Gasteiger partial charge is 0.348 e. The molecule has 0 N–H and O–H groups in total. The molecule has 2 aromatic heterocycles. The molecule has 1 saturated heterocycles. The maximum absolute atomic E-state index is 15.5. The molecular formula is C24H22F4N6. The standard InChI is InChI=1S/C24H22F4N6/c1-2-16-8-6-7-9-17(16)14-34-21-19(31-32-34)20(33-13-12-23(25,26)15-33)29-22(30-21)24(27,28)18-10-4-3-5-11-18/h3-11H,2,12-15H2,1H3. The Kier molecular flexibility index (Phi) is 5.45. The SMILES string of the molecule is CCc1ccccc1Cn1nnc2c(N3CCC(F)(F)C3)nc(C(F)(F)c3ccccc3)nc21. The lowest BCUT2D eigenvalue weighted by molar-refractivity contribution is 0.0256. The fourth-order valence-corrected chi connectivity index (χ4v) is 4.22. The molecule has 1 aliphatic heterocycles. The van der Waals surface area contributed by atoms with Crippen molar-refractivity contribution in [1.29, 1.82) is 0 Å². The second-order valence-corrected chi connectivity index (χ2v) is 8.38. The minimum Gasteiger partial charge on any atom is -0.348 e. The lowest BCUT2D eigenvalue weighted by atomic mass is 10.1. The summed E-state index contributed by atoms with van der Waals surface area (Å²) in [5.74, 6) is -7.30. The summed E-state index contributed by atoms with van der Waals surface area (Å²) in [6.45, 7) is 1.62. The van der Waals surface area contributed by atoms with Crippen molar-refractivity contribution >= 4 is 17.0 Å². The first-order valence-corrected chi connectivity index (χ1v) is 11.0. The number of alkyl halides is 4. The maximum atomic E-state index is 15.5. The van der Waals surface area contributed by atoms with Crippen LogP contribution in [-0.4, -0.2) is 44.0 Å². The average Bonchev–Trinajstić information content (AvgIpc) is 3.42. The zero-order valence-electron chi connectivity index (χ0n) is 18.4. The highest BCUT2D eigenvalue weighted by molar-refractivity contribution is 5.83. The molecule has 2 aromatic carbocycles. The molecule has 5 rings (SSSR count). The van der Waals surface area contributed by atoms with Gasteiger partial charge in [-0.05, 0) is 17.5 Å². The van der Waals surface area contributed by atoms with E-state index in [0.717, 1.165) is 17.5 Å². The van der Waals surface area contributed by atoms with E-state index in [-0.39, 0.29) is 42.1 Å². The number of hydrogen-bond donors (Lipinski definition) is 0. The molecule has 0 bridgehead atoms. The Balaban J connectivity index is 1.66. The smallest absolute Gasteiger partial charge is 0.331 e. The number of aromatic nitrogens is 5. The Hall–Kier alpha value is -3.56. The van der Waals surface area contributed by atoms with Crippen LogP contribution in [0.5, 0.6) is 0 Å². The fraction of sp³-hybridized carbons (Fsp3) is 0.333. The second kappa shape index (κ2) is 8.34. The fourth-order valence-electron chi connectivity index (χ4n) is 4.22. The second-order valence-electron chi connectivity index (χ2n) is 8.38. The molecule has 0 saturated carbocycles. The average molecular weight is 470 g/mol. The van der Waals surface area contributed by atoms with E-state index in [2.05, 4.69) is 20.3 Å². The van der Waals surface area contributed by atoms with E-state index in [1.165, 1.54) is 33.8 Å². The van der Waals surface area contributed by atoms with Crippen molar-refractivity contribution < 1.29 is 17.6 Å². The molecule has 1 aliphatic rings. The number of aryl methyl sites for hydroxylation is 1. The Morgan fingerprint density at radius 2 is 1.68 bits per heavy atom. The summed E-state index contributed by atoms with van der Waals surface area (Å²) < 4.78 is 60.3. The zero-order valence-corrected chi connectivity index (χ0v) is 18.4. The number of halogens is 4. The predicted octanol–water partition coefficient (Wildman–Crippen LogP) is 4.82. The van der Waals surface area contributed by atoms with Gasteiger partial charge in [0.25, 0.3) is 5.92 Å². The van der Waals surface area contributed by atoms with Crippen molar-refractivity contribution in [2.45, 2.75) is 38.2 Å². The van der Waals surface area contributed by atoms with Crippen molar-refractivity contribution in [3.05, 3.63) is 77.1 Å². The van der Waals surface area contributed by atoms with E-state index in [4.69, 9.17) is 0 Å². The van der Waals surface area contributed by atoms with Crippen LogP contribution in [0.3, 0.4) is 0 Å². The van der Waals surface area contributed by atoms with Crippen molar-refractivity contribution in [2.75, 3.05) is 18.0 Å². The molecule has 0 atom stereocenters. The molecule has 6 nitrogen and oxygen atoms in total. The van der Waals surface area contributed by atoms with Gasteiger partial charge in [0.05, 0.1) is 13.1 Å². The Labute approximate surface area is 193 Å². The summed E-state index contributed by atoms with van der Waals surface area (Å²) in [6, 6.07) is 14.9. The quantitative estimate of drug-likeness (QED) is 0.378. The zero-order chi connectivity index (χ0) is 23.9. The van der Waals surface area contributed by atoms with Crippen molar-refractivity contribution in [3.8, 4) is 0 Å². The normalized spacial score (nSPS) is 15.9. The number of nitrogens with zero attached hydrogens (tertiary/aromatic N) is 6. The van der Waals surface area contributed by atoms with Gasteiger partial charge in [0.2, 0.25) is 5.82 Å². The van der Waals surface area contributed by atoms with Crippen LogP contribution < -0.4 is 4.90 Å². The van der Waals surface area contributed by atoms with E-state index < -0.39 is 24.2 Å². The van der Waals surface area contributed by atoms with Gasteiger partial charge in [-0.15, -0.1) is 5.10 Å². The molecule has 0 radical (unpaired) electrons. The van der Waals surface area contributed by atoms with Gasteiger partial charge in [0.15, 0.2) is 17.0 Å². The summed E-state index contributed by atoms with van der Waals surface area (Å²) in [5.41, 5.74) is 1.94. The first-order valence-electron chi connectivity index (χ1n) is 11.0. The Morgan fingerprint density at radius 3 is 2.35 bits per heavy atom. The molecule has 0 aliphatic carbocycles. The molecule has 0 spiro atoms. The highest BCUT2D eigenvalue weighted by atomic mass is 19.3. The monoisotopic (exact) mass is 470 g/mol. The first-order chi connectivity index (χ1) is 16.3. The Bertz CT molecular complexity index is 1320. The highest BCUT2D eigenvalue weighted by Crippen LogP contribution is 2.38. The summed E-state index contributed by atoms with van der Waals surface area (Å²) in [7, 11) is 0. The minimum absolute atomic E-state index is 0.0268. The molecule has 1 fully saturated rings. The molecule has 3 heterocycles. The van der Waals surface area contributed by atoms with Gasteiger partial charge in [-0.3, -0.25) is 0 Å². The molecular weight excluding hydrogens is 448 g/mol. The van der Waals surface area contributed by atoms with E-state index in [0.29, 0.717) is 0 Å². The van der Waals surface area contributed by atoms with Crippen LogP contribution in [0.25, 0.3) is 11.2 Å². The van der Waals surface area contributed by atoms with Crippen LogP contribution in [-0.2, 0) is 18.9 Å².